The average Bonchev–Trinajstić information content (AvgIpc) is 2.68. The van der Waals surface area contributed by atoms with Gasteiger partial charge in [-0.1, -0.05) is 23.7 Å². The molecule has 0 unspecified atom stereocenters. The highest BCUT2D eigenvalue weighted by Gasteiger charge is 2.24. The van der Waals surface area contributed by atoms with Crippen molar-refractivity contribution in [3.05, 3.63) is 64.7 Å². The van der Waals surface area contributed by atoms with Crippen LogP contribution >= 0.6 is 11.6 Å². The Labute approximate surface area is 166 Å². The van der Waals surface area contributed by atoms with Crippen molar-refractivity contribution in [2.45, 2.75) is 6.54 Å². The third-order valence-electron chi connectivity index (χ3n) is 4.87. The van der Waals surface area contributed by atoms with Gasteiger partial charge in [-0.15, -0.1) is 0 Å². The second kappa shape index (κ2) is 7.69. The predicted octanol–water partition coefficient (Wildman–Crippen LogP) is 2.96. The summed E-state index contributed by atoms with van der Waals surface area (Å²) in [6, 6.07) is 11.5. The fourth-order valence-corrected chi connectivity index (χ4v) is 3.61. The van der Waals surface area contributed by atoms with Crippen LogP contribution in [0.3, 0.4) is 0 Å². The highest BCUT2D eigenvalue weighted by Crippen LogP contribution is 2.21. The number of nitrogens with zero attached hydrogens (tertiary/aromatic N) is 4. The summed E-state index contributed by atoms with van der Waals surface area (Å²) in [6.07, 6.45) is 0. The van der Waals surface area contributed by atoms with Gasteiger partial charge in [-0.05, 0) is 30.3 Å². The van der Waals surface area contributed by atoms with E-state index < -0.39 is 5.82 Å². The first-order valence-corrected chi connectivity index (χ1v) is 9.37. The minimum atomic E-state index is -0.457. The standard InChI is InChI=1S/C20H19ClFN5O/c21-16-11-13(22)5-6-14(16)20(28)27-9-7-26(8-10-27)12-18-24-17-4-2-1-3-15(17)19(23)25-18/h1-6,11H,7-10,12H2,(H2,23,24,25). The van der Waals surface area contributed by atoms with Gasteiger partial charge in [0.2, 0.25) is 0 Å². The number of aromatic nitrogens is 2. The van der Waals surface area contributed by atoms with Gasteiger partial charge in [-0.25, -0.2) is 14.4 Å². The number of amides is 1. The lowest BCUT2D eigenvalue weighted by molar-refractivity contribution is 0.0626. The monoisotopic (exact) mass is 399 g/mol. The van der Waals surface area contributed by atoms with Gasteiger partial charge in [-0.2, -0.15) is 0 Å². The van der Waals surface area contributed by atoms with E-state index in [-0.39, 0.29) is 10.9 Å². The van der Waals surface area contributed by atoms with Crippen molar-refractivity contribution in [2.75, 3.05) is 31.9 Å². The van der Waals surface area contributed by atoms with E-state index >= 15 is 0 Å². The zero-order valence-electron chi connectivity index (χ0n) is 15.1. The molecule has 0 bridgehead atoms. The van der Waals surface area contributed by atoms with Gasteiger partial charge in [0.1, 0.15) is 17.5 Å². The number of anilines is 1. The van der Waals surface area contributed by atoms with E-state index in [1.54, 1.807) is 4.90 Å². The van der Waals surface area contributed by atoms with Gasteiger partial charge in [0.05, 0.1) is 22.6 Å². The minimum Gasteiger partial charge on any atom is -0.383 e. The summed E-state index contributed by atoms with van der Waals surface area (Å²) in [4.78, 5) is 25.5. The number of fused-ring (bicyclic) bond motifs is 1. The van der Waals surface area contributed by atoms with Gasteiger partial charge in [0.25, 0.3) is 5.91 Å². The molecule has 2 N–H and O–H groups in total. The van der Waals surface area contributed by atoms with Crippen molar-refractivity contribution in [3.8, 4) is 0 Å². The smallest absolute Gasteiger partial charge is 0.255 e. The molecule has 0 aliphatic carbocycles. The van der Waals surface area contributed by atoms with Gasteiger partial charge < -0.3 is 10.6 Å². The summed E-state index contributed by atoms with van der Waals surface area (Å²) in [6.45, 7) is 3.03. The molecule has 0 radical (unpaired) electrons. The van der Waals surface area contributed by atoms with Crippen molar-refractivity contribution in [1.29, 1.82) is 0 Å². The van der Waals surface area contributed by atoms with Crippen LogP contribution in [-0.2, 0) is 6.54 Å². The maximum atomic E-state index is 13.2. The quantitative estimate of drug-likeness (QED) is 0.732. The lowest BCUT2D eigenvalue weighted by Gasteiger charge is -2.34. The third kappa shape index (κ3) is 3.76. The first-order valence-electron chi connectivity index (χ1n) is 8.99. The van der Waals surface area contributed by atoms with Crippen molar-refractivity contribution < 1.29 is 9.18 Å². The van der Waals surface area contributed by atoms with E-state index in [4.69, 9.17) is 17.3 Å². The largest absolute Gasteiger partial charge is 0.383 e. The highest BCUT2D eigenvalue weighted by atomic mass is 35.5. The summed E-state index contributed by atoms with van der Waals surface area (Å²) < 4.78 is 13.2. The van der Waals surface area contributed by atoms with E-state index in [0.717, 1.165) is 17.0 Å². The number of carbonyl (C=O) groups excluding carboxylic acids is 1. The van der Waals surface area contributed by atoms with Crippen LogP contribution in [0.1, 0.15) is 16.2 Å². The molecule has 1 aromatic heterocycles. The van der Waals surface area contributed by atoms with Gasteiger partial charge in [0.15, 0.2) is 0 Å². The van der Waals surface area contributed by atoms with Crippen molar-refractivity contribution in [1.82, 2.24) is 19.8 Å². The molecule has 2 heterocycles. The van der Waals surface area contributed by atoms with Crippen LogP contribution < -0.4 is 5.73 Å². The Morgan fingerprint density at radius 3 is 2.61 bits per heavy atom. The minimum absolute atomic E-state index is 0.132. The van der Waals surface area contributed by atoms with Crippen LogP contribution in [0.5, 0.6) is 0 Å². The number of nitrogen functional groups attached to an aromatic ring is 1. The fourth-order valence-electron chi connectivity index (χ4n) is 3.36. The maximum Gasteiger partial charge on any atom is 0.255 e. The Hall–Kier alpha value is -2.77. The fraction of sp³-hybridized carbons (Fsp3) is 0.250. The predicted molar refractivity (Wildman–Crippen MR) is 107 cm³/mol. The first-order chi connectivity index (χ1) is 13.5. The van der Waals surface area contributed by atoms with E-state index in [0.29, 0.717) is 49.9 Å². The molecule has 6 nitrogen and oxygen atoms in total. The molecular weight excluding hydrogens is 381 g/mol. The molecule has 3 aromatic rings. The number of halogens is 2. The molecule has 1 saturated heterocycles. The lowest BCUT2D eigenvalue weighted by Crippen LogP contribution is -2.48. The number of rotatable bonds is 3. The Balaban J connectivity index is 1.41. The van der Waals surface area contributed by atoms with Crippen LogP contribution in [0.2, 0.25) is 5.02 Å². The molecule has 1 aliphatic rings. The Morgan fingerprint density at radius 1 is 1.11 bits per heavy atom. The second-order valence-electron chi connectivity index (χ2n) is 6.73. The van der Waals surface area contributed by atoms with Crippen LogP contribution in [0.4, 0.5) is 10.2 Å². The highest BCUT2D eigenvalue weighted by molar-refractivity contribution is 6.33. The zero-order valence-corrected chi connectivity index (χ0v) is 15.9. The SMILES string of the molecule is Nc1nc(CN2CCN(C(=O)c3ccc(F)cc3Cl)CC2)nc2ccccc12. The molecule has 1 fully saturated rings. The van der Waals surface area contributed by atoms with Gasteiger partial charge in [0, 0.05) is 31.6 Å². The summed E-state index contributed by atoms with van der Waals surface area (Å²) in [5.74, 6) is 0.495. The lowest BCUT2D eigenvalue weighted by atomic mass is 10.1. The molecule has 0 spiro atoms. The average molecular weight is 400 g/mol. The van der Waals surface area contributed by atoms with Crippen LogP contribution in [0.25, 0.3) is 10.9 Å². The second-order valence-corrected chi connectivity index (χ2v) is 7.14. The molecule has 144 valence electrons. The molecule has 1 aliphatic heterocycles. The van der Waals surface area contributed by atoms with E-state index in [9.17, 15) is 9.18 Å². The number of hydrogen-bond donors (Lipinski definition) is 1. The van der Waals surface area contributed by atoms with Crippen molar-refractivity contribution in [3.63, 3.8) is 0 Å². The molecule has 4 rings (SSSR count). The van der Waals surface area contributed by atoms with E-state index in [1.165, 1.54) is 12.1 Å². The normalized spacial score (nSPS) is 15.1. The van der Waals surface area contributed by atoms with Gasteiger partial charge in [-0.3, -0.25) is 9.69 Å². The molecular formula is C20H19ClFN5O. The molecule has 8 heteroatoms. The first kappa shape index (κ1) is 18.6. The molecule has 2 aromatic carbocycles. The number of benzene rings is 2. The zero-order chi connectivity index (χ0) is 19.7. The summed E-state index contributed by atoms with van der Waals surface area (Å²) >= 11 is 6.02. The molecule has 1 amide bonds. The number of nitrogens with two attached hydrogens (primary N) is 1. The molecule has 0 atom stereocenters. The van der Waals surface area contributed by atoms with E-state index in [1.807, 2.05) is 24.3 Å². The topological polar surface area (TPSA) is 75.3 Å². The van der Waals surface area contributed by atoms with Crippen LogP contribution in [-0.4, -0.2) is 51.9 Å². The van der Waals surface area contributed by atoms with Gasteiger partial charge >= 0.3 is 0 Å². The van der Waals surface area contributed by atoms with Crippen LogP contribution in [0, 0.1) is 5.82 Å². The number of piperazine rings is 1. The Morgan fingerprint density at radius 2 is 1.86 bits per heavy atom. The Kier molecular flexibility index (Phi) is 5.11. The van der Waals surface area contributed by atoms with Crippen molar-refractivity contribution in [2.24, 2.45) is 0 Å². The summed E-state index contributed by atoms with van der Waals surface area (Å²) in [5, 5.41) is 0.977. The summed E-state index contributed by atoms with van der Waals surface area (Å²) in [5.41, 5.74) is 7.20. The Bertz CT molecular complexity index is 1040. The number of hydrogen-bond acceptors (Lipinski definition) is 5. The third-order valence-corrected chi connectivity index (χ3v) is 5.18. The van der Waals surface area contributed by atoms with E-state index in [2.05, 4.69) is 14.9 Å². The molecule has 28 heavy (non-hydrogen) atoms. The maximum absolute atomic E-state index is 13.2. The number of carbonyl (C=O) groups is 1. The number of para-hydroxylation sites is 1. The summed E-state index contributed by atoms with van der Waals surface area (Å²) in [7, 11) is 0. The van der Waals surface area contributed by atoms with Crippen molar-refractivity contribution >= 4 is 34.2 Å². The molecule has 0 saturated carbocycles. The van der Waals surface area contributed by atoms with Crippen LogP contribution in [0.15, 0.2) is 42.5 Å².